The maximum atomic E-state index is 4.93. The predicted octanol–water partition coefficient (Wildman–Crippen LogP) is 17.2. The van der Waals surface area contributed by atoms with Gasteiger partial charge in [-0.1, -0.05) is 187 Å². The molecule has 4 heteroatoms. The van der Waals surface area contributed by atoms with E-state index in [1.165, 1.54) is 88.3 Å². The third-order valence-electron chi connectivity index (χ3n) is 10.5. The Bertz CT molecular complexity index is 2350. The first-order valence-corrected chi connectivity index (χ1v) is 28.3. The molecule has 294 valence electrons. The summed E-state index contributed by atoms with van der Waals surface area (Å²) in [4.78, 5) is 0. The standard InChI is InChI=1S/2C26H25.C2H6Si.2ClH.Zr/c2*1-18-10-8-9-13-22(18)25-23(19-11-6-5-7-12-19)15-14-20-16-21(17-24(20)25)26(2,3)4;1-3-2;;;/h2*5-17H,1-4H3;1-2H3;2*1H;/q2*-1;;;;+4/p-2. The molecule has 0 spiro atoms. The molecule has 0 aliphatic rings. The topological polar surface area (TPSA) is 0 Å². The molecule has 0 N–H and O–H groups in total. The van der Waals surface area contributed by atoms with Crippen molar-refractivity contribution in [2.24, 2.45) is 0 Å². The number of halogens is 2. The summed E-state index contributed by atoms with van der Waals surface area (Å²) in [6.07, 6.45) is 0. The fraction of sp³-hybridized carbons (Fsp3) is 0.222. The van der Waals surface area contributed by atoms with Gasteiger partial charge in [0.1, 0.15) is 0 Å². The van der Waals surface area contributed by atoms with Crippen molar-refractivity contribution in [2.75, 3.05) is 0 Å². The van der Waals surface area contributed by atoms with Gasteiger partial charge in [0.2, 0.25) is 0 Å². The predicted molar refractivity (Wildman–Crippen MR) is 257 cm³/mol. The number of hydrogen-bond acceptors (Lipinski definition) is 0. The van der Waals surface area contributed by atoms with Crippen LogP contribution in [0.1, 0.15) is 63.8 Å². The van der Waals surface area contributed by atoms with Crippen LogP contribution in [0.15, 0.2) is 158 Å². The van der Waals surface area contributed by atoms with Crippen molar-refractivity contribution in [3.8, 4) is 44.5 Å². The SMILES string of the molecule is C[Si]C.Cc1ccccc1-c1c(-c2ccccc2)ccc2[cH-]c(C(C)(C)C)cc12.Cc1ccccc1-c1c(-c2ccccc2)ccc2[cH-]c(C(C)(C)C)cc12.[Cl][Zr+2][Cl]. The van der Waals surface area contributed by atoms with Gasteiger partial charge in [0.25, 0.3) is 0 Å². The molecule has 0 fully saturated rings. The van der Waals surface area contributed by atoms with Gasteiger partial charge in [-0.2, -0.15) is 12.1 Å². The van der Waals surface area contributed by atoms with Crippen molar-refractivity contribution in [2.45, 2.75) is 79.3 Å². The number of benzene rings is 6. The van der Waals surface area contributed by atoms with Gasteiger partial charge in [-0.05, 0) is 69.2 Å². The molecule has 0 bridgehead atoms. The van der Waals surface area contributed by atoms with Gasteiger partial charge in [-0.3, -0.25) is 0 Å². The fourth-order valence-corrected chi connectivity index (χ4v) is 7.43. The van der Waals surface area contributed by atoms with E-state index < -0.39 is 20.8 Å². The van der Waals surface area contributed by atoms with E-state index in [0.29, 0.717) is 0 Å². The monoisotopic (exact) mass is 892 g/mol. The average Bonchev–Trinajstić information content (AvgIpc) is 3.86. The molecule has 8 rings (SSSR count). The van der Waals surface area contributed by atoms with Crippen molar-refractivity contribution >= 4 is 48.1 Å². The van der Waals surface area contributed by atoms with E-state index in [0.717, 1.165) is 9.52 Å². The molecule has 8 aromatic carbocycles. The molecule has 0 aromatic heterocycles. The van der Waals surface area contributed by atoms with E-state index in [9.17, 15) is 0 Å². The Morgan fingerprint density at radius 1 is 0.448 bits per heavy atom. The van der Waals surface area contributed by atoms with Crippen LogP contribution in [0, 0.1) is 13.8 Å². The van der Waals surface area contributed by atoms with Crippen LogP contribution in [0.25, 0.3) is 66.1 Å². The van der Waals surface area contributed by atoms with Crippen LogP contribution in [0.2, 0.25) is 13.1 Å². The van der Waals surface area contributed by atoms with E-state index in [1.54, 1.807) is 0 Å². The van der Waals surface area contributed by atoms with Crippen molar-refractivity contribution in [1.82, 2.24) is 0 Å². The van der Waals surface area contributed by atoms with Crippen LogP contribution < -0.4 is 0 Å². The summed E-state index contributed by atoms with van der Waals surface area (Å²) < 4.78 is 0. The van der Waals surface area contributed by atoms with Crippen LogP contribution in [-0.4, -0.2) is 9.52 Å². The van der Waals surface area contributed by atoms with E-state index in [1.807, 2.05) is 0 Å². The second kappa shape index (κ2) is 20.5. The number of fused-ring (bicyclic) bond motifs is 2. The van der Waals surface area contributed by atoms with E-state index in [-0.39, 0.29) is 10.8 Å². The van der Waals surface area contributed by atoms with Gasteiger partial charge in [0.15, 0.2) is 0 Å². The summed E-state index contributed by atoms with van der Waals surface area (Å²) in [5.74, 6) is 0. The summed E-state index contributed by atoms with van der Waals surface area (Å²) in [7, 11) is 11.0. The summed E-state index contributed by atoms with van der Waals surface area (Å²) in [5.41, 5.74) is 16.2. The Balaban J connectivity index is 0.000000195. The zero-order valence-corrected chi connectivity index (χ0v) is 40.7. The third kappa shape index (κ3) is 10.9. The molecule has 0 saturated heterocycles. The molecule has 0 unspecified atom stereocenters. The molecule has 0 heterocycles. The van der Waals surface area contributed by atoms with Crippen molar-refractivity contribution in [3.63, 3.8) is 0 Å². The van der Waals surface area contributed by atoms with Gasteiger partial charge in [0.05, 0.1) is 0 Å². The van der Waals surface area contributed by atoms with Crippen LogP contribution >= 0.6 is 17.0 Å². The van der Waals surface area contributed by atoms with Gasteiger partial charge < -0.3 is 0 Å². The molecular formula is C54H56Cl2SiZr. The van der Waals surface area contributed by atoms with E-state index >= 15 is 0 Å². The second-order valence-corrected chi connectivity index (χ2v) is 21.6. The van der Waals surface area contributed by atoms with Gasteiger partial charge in [0, 0.05) is 9.52 Å². The first kappa shape index (κ1) is 45.3. The Morgan fingerprint density at radius 2 is 0.759 bits per heavy atom. The number of aryl methyl sites for hydroxylation is 2. The molecule has 2 radical (unpaired) electrons. The molecule has 0 nitrogen and oxygen atoms in total. The Kier molecular flexibility index (Phi) is 16.0. The molecule has 0 aliphatic heterocycles. The number of rotatable bonds is 4. The Labute approximate surface area is 369 Å². The first-order valence-electron chi connectivity index (χ1n) is 20.0. The summed E-state index contributed by atoms with van der Waals surface area (Å²) in [6.45, 7) is 22.4. The molecule has 0 atom stereocenters. The molecule has 0 saturated carbocycles. The van der Waals surface area contributed by atoms with E-state index in [2.05, 4.69) is 226 Å². The van der Waals surface area contributed by atoms with Crippen LogP contribution in [0.5, 0.6) is 0 Å². The van der Waals surface area contributed by atoms with Crippen LogP contribution in [0.4, 0.5) is 0 Å². The molecule has 58 heavy (non-hydrogen) atoms. The first-order chi connectivity index (χ1) is 27.7. The van der Waals surface area contributed by atoms with Crippen LogP contribution in [0.3, 0.4) is 0 Å². The van der Waals surface area contributed by atoms with Gasteiger partial charge >= 0.3 is 37.9 Å². The van der Waals surface area contributed by atoms with Crippen molar-refractivity contribution in [1.29, 1.82) is 0 Å². The average molecular weight is 895 g/mol. The minimum atomic E-state index is -0.826. The fourth-order valence-electron chi connectivity index (χ4n) is 7.43. The summed E-state index contributed by atoms with van der Waals surface area (Å²) >= 11 is -0.826. The van der Waals surface area contributed by atoms with E-state index in [4.69, 9.17) is 17.0 Å². The molecule has 8 aromatic rings. The summed E-state index contributed by atoms with van der Waals surface area (Å²) in [6, 6.07) is 57.5. The normalized spacial score (nSPS) is 11.1. The maximum absolute atomic E-state index is 4.93. The van der Waals surface area contributed by atoms with Gasteiger partial charge in [-0.25, -0.2) is 0 Å². The minimum absolute atomic E-state index is 0.148. The zero-order chi connectivity index (χ0) is 42.0. The quantitative estimate of drug-likeness (QED) is 0.122. The molecular weight excluding hydrogens is 839 g/mol. The Hall–Kier alpha value is -3.78. The zero-order valence-electron chi connectivity index (χ0n) is 35.8. The Morgan fingerprint density at radius 3 is 1.07 bits per heavy atom. The van der Waals surface area contributed by atoms with Crippen LogP contribution in [-0.2, 0) is 31.7 Å². The molecule has 0 amide bonds. The third-order valence-corrected chi connectivity index (χ3v) is 10.5. The summed E-state index contributed by atoms with van der Waals surface area (Å²) in [5, 5.41) is 5.36. The van der Waals surface area contributed by atoms with Gasteiger partial charge in [-0.15, -0.1) is 56.9 Å². The number of hydrogen-bond donors (Lipinski definition) is 0. The van der Waals surface area contributed by atoms with Crippen molar-refractivity contribution < 1.29 is 20.8 Å². The van der Waals surface area contributed by atoms with Crippen molar-refractivity contribution in [3.05, 3.63) is 180 Å². The molecule has 0 aliphatic carbocycles. The second-order valence-electron chi connectivity index (χ2n) is 16.9.